The quantitative estimate of drug-likeness (QED) is 0.711. The third-order valence-electron chi connectivity index (χ3n) is 3.02. The molecule has 0 bridgehead atoms. The van der Waals surface area contributed by atoms with Crippen LogP contribution in [0.3, 0.4) is 0 Å². The van der Waals surface area contributed by atoms with Crippen molar-refractivity contribution < 1.29 is 0 Å². The first-order valence-corrected chi connectivity index (χ1v) is 5.22. The van der Waals surface area contributed by atoms with Gasteiger partial charge in [-0.15, -0.1) is 0 Å². The lowest BCUT2D eigenvalue weighted by molar-refractivity contribution is 0.672. The molecule has 0 aliphatic heterocycles. The van der Waals surface area contributed by atoms with Crippen LogP contribution >= 0.6 is 0 Å². The predicted octanol–water partition coefficient (Wildman–Crippen LogP) is 1.70. The normalized spacial score (nSPS) is 15.8. The zero-order valence-corrected chi connectivity index (χ0v) is 8.32. The van der Waals surface area contributed by atoms with Gasteiger partial charge in [0.1, 0.15) is 0 Å². The molecule has 0 saturated heterocycles. The van der Waals surface area contributed by atoms with Gasteiger partial charge in [-0.3, -0.25) is 0 Å². The summed E-state index contributed by atoms with van der Waals surface area (Å²) < 4.78 is 0. The Morgan fingerprint density at radius 2 is 2.08 bits per heavy atom. The Labute approximate surface area is 79.5 Å². The SMILES string of the molecule is Cc1[nH]c2c(c1CCN)CCCC2. The highest BCUT2D eigenvalue weighted by Crippen LogP contribution is 2.26. The smallest absolute Gasteiger partial charge is 0.0184 e. The minimum absolute atomic E-state index is 0.769. The molecule has 0 spiro atoms. The minimum Gasteiger partial charge on any atom is -0.362 e. The van der Waals surface area contributed by atoms with Crippen LogP contribution in [0.1, 0.15) is 35.4 Å². The predicted molar refractivity (Wildman–Crippen MR) is 54.9 cm³/mol. The van der Waals surface area contributed by atoms with Crippen LogP contribution in [-0.2, 0) is 19.3 Å². The van der Waals surface area contributed by atoms with Crippen molar-refractivity contribution in [1.82, 2.24) is 4.98 Å². The van der Waals surface area contributed by atoms with Crippen molar-refractivity contribution in [3.05, 3.63) is 22.5 Å². The van der Waals surface area contributed by atoms with Gasteiger partial charge in [-0.25, -0.2) is 0 Å². The number of rotatable bonds is 2. The van der Waals surface area contributed by atoms with E-state index in [0.717, 1.165) is 13.0 Å². The molecule has 3 N–H and O–H groups in total. The molecule has 0 amide bonds. The second-order valence-electron chi connectivity index (χ2n) is 3.93. The molecule has 0 atom stereocenters. The van der Waals surface area contributed by atoms with Crippen LogP contribution in [0.15, 0.2) is 0 Å². The molecule has 1 aromatic rings. The summed E-state index contributed by atoms with van der Waals surface area (Å²) in [5.41, 5.74) is 11.5. The van der Waals surface area contributed by atoms with Crippen molar-refractivity contribution in [2.75, 3.05) is 6.54 Å². The van der Waals surface area contributed by atoms with E-state index in [4.69, 9.17) is 5.73 Å². The van der Waals surface area contributed by atoms with Crippen molar-refractivity contribution in [2.45, 2.75) is 39.0 Å². The molecule has 0 saturated carbocycles. The number of aromatic nitrogens is 1. The number of H-pyrrole nitrogens is 1. The average Bonchev–Trinajstić information content (AvgIpc) is 2.44. The third kappa shape index (κ3) is 1.51. The maximum Gasteiger partial charge on any atom is 0.0184 e. The third-order valence-corrected chi connectivity index (χ3v) is 3.02. The highest BCUT2D eigenvalue weighted by Gasteiger charge is 2.16. The van der Waals surface area contributed by atoms with Gasteiger partial charge in [0.05, 0.1) is 0 Å². The maximum atomic E-state index is 5.61. The lowest BCUT2D eigenvalue weighted by Crippen LogP contribution is -2.07. The molecular weight excluding hydrogens is 160 g/mol. The molecule has 1 aliphatic carbocycles. The number of hydrogen-bond acceptors (Lipinski definition) is 1. The molecular formula is C11H18N2. The van der Waals surface area contributed by atoms with Gasteiger partial charge >= 0.3 is 0 Å². The van der Waals surface area contributed by atoms with Crippen molar-refractivity contribution in [3.63, 3.8) is 0 Å². The molecule has 1 aliphatic rings. The fraction of sp³-hybridized carbons (Fsp3) is 0.636. The molecule has 72 valence electrons. The monoisotopic (exact) mass is 178 g/mol. The number of hydrogen-bond donors (Lipinski definition) is 2. The minimum atomic E-state index is 0.769. The van der Waals surface area contributed by atoms with Gasteiger partial charge in [-0.1, -0.05) is 0 Å². The van der Waals surface area contributed by atoms with Crippen LogP contribution in [0.2, 0.25) is 0 Å². The fourth-order valence-corrected chi connectivity index (χ4v) is 2.39. The van der Waals surface area contributed by atoms with Crippen molar-refractivity contribution >= 4 is 0 Å². The summed E-state index contributed by atoms with van der Waals surface area (Å²) in [4.78, 5) is 3.49. The van der Waals surface area contributed by atoms with Gasteiger partial charge in [0, 0.05) is 11.4 Å². The van der Waals surface area contributed by atoms with Gasteiger partial charge in [-0.2, -0.15) is 0 Å². The first-order chi connectivity index (χ1) is 6.33. The number of nitrogens with one attached hydrogen (secondary N) is 1. The van der Waals surface area contributed by atoms with Crippen molar-refractivity contribution in [2.24, 2.45) is 5.73 Å². The summed E-state index contributed by atoms with van der Waals surface area (Å²) >= 11 is 0. The van der Waals surface area contributed by atoms with E-state index in [1.165, 1.54) is 42.6 Å². The number of aromatic amines is 1. The van der Waals surface area contributed by atoms with Crippen molar-refractivity contribution in [1.29, 1.82) is 0 Å². The Balaban J connectivity index is 2.36. The summed E-state index contributed by atoms with van der Waals surface area (Å²) in [7, 11) is 0. The Bertz CT molecular complexity index is 299. The van der Waals surface area contributed by atoms with E-state index in [1.807, 2.05) is 0 Å². The van der Waals surface area contributed by atoms with Crippen LogP contribution in [0.25, 0.3) is 0 Å². The summed E-state index contributed by atoms with van der Waals surface area (Å²) in [5, 5.41) is 0. The van der Waals surface area contributed by atoms with E-state index in [2.05, 4.69) is 11.9 Å². The highest BCUT2D eigenvalue weighted by molar-refractivity contribution is 5.38. The number of aryl methyl sites for hydroxylation is 2. The molecule has 0 fully saturated rings. The van der Waals surface area contributed by atoms with E-state index >= 15 is 0 Å². The van der Waals surface area contributed by atoms with Gasteiger partial charge < -0.3 is 10.7 Å². The van der Waals surface area contributed by atoms with Crippen LogP contribution in [0.5, 0.6) is 0 Å². The number of fused-ring (bicyclic) bond motifs is 1. The molecule has 2 heteroatoms. The van der Waals surface area contributed by atoms with Crippen LogP contribution < -0.4 is 5.73 Å². The Kier molecular flexibility index (Phi) is 2.40. The molecule has 2 nitrogen and oxygen atoms in total. The topological polar surface area (TPSA) is 41.8 Å². The average molecular weight is 178 g/mol. The summed E-state index contributed by atoms with van der Waals surface area (Å²) in [6, 6.07) is 0. The van der Waals surface area contributed by atoms with Crippen LogP contribution in [0, 0.1) is 6.92 Å². The first kappa shape index (κ1) is 8.82. The summed E-state index contributed by atoms with van der Waals surface area (Å²) in [5.74, 6) is 0. The zero-order valence-electron chi connectivity index (χ0n) is 8.32. The second-order valence-corrected chi connectivity index (χ2v) is 3.93. The van der Waals surface area contributed by atoms with Gasteiger partial charge in [0.15, 0.2) is 0 Å². The number of nitrogens with two attached hydrogens (primary N) is 1. The van der Waals surface area contributed by atoms with Crippen LogP contribution in [0.4, 0.5) is 0 Å². The molecule has 2 rings (SSSR count). The van der Waals surface area contributed by atoms with Crippen LogP contribution in [-0.4, -0.2) is 11.5 Å². The summed E-state index contributed by atoms with van der Waals surface area (Å²) in [6.07, 6.45) is 6.23. The first-order valence-electron chi connectivity index (χ1n) is 5.22. The summed E-state index contributed by atoms with van der Waals surface area (Å²) in [6.45, 7) is 2.94. The van der Waals surface area contributed by atoms with Gasteiger partial charge in [-0.05, 0) is 56.7 Å². The molecule has 13 heavy (non-hydrogen) atoms. The highest BCUT2D eigenvalue weighted by atomic mass is 14.7. The zero-order chi connectivity index (χ0) is 9.26. The molecule has 0 aromatic carbocycles. The van der Waals surface area contributed by atoms with Gasteiger partial charge in [0.25, 0.3) is 0 Å². The van der Waals surface area contributed by atoms with E-state index in [-0.39, 0.29) is 0 Å². The Hall–Kier alpha value is -0.760. The van der Waals surface area contributed by atoms with E-state index < -0.39 is 0 Å². The van der Waals surface area contributed by atoms with Crippen molar-refractivity contribution in [3.8, 4) is 0 Å². The second kappa shape index (κ2) is 3.54. The molecule has 1 heterocycles. The Morgan fingerprint density at radius 3 is 2.85 bits per heavy atom. The van der Waals surface area contributed by atoms with Gasteiger partial charge in [0.2, 0.25) is 0 Å². The lowest BCUT2D eigenvalue weighted by Gasteiger charge is -2.12. The van der Waals surface area contributed by atoms with E-state index in [0.29, 0.717) is 0 Å². The largest absolute Gasteiger partial charge is 0.362 e. The van der Waals surface area contributed by atoms with E-state index in [9.17, 15) is 0 Å². The van der Waals surface area contributed by atoms with E-state index in [1.54, 1.807) is 5.56 Å². The molecule has 0 unspecified atom stereocenters. The Morgan fingerprint density at radius 1 is 1.31 bits per heavy atom. The molecule has 0 radical (unpaired) electrons. The standard InChI is InChI=1S/C11H18N2/c1-8-9(6-7-12)10-4-2-3-5-11(10)13-8/h13H,2-7,12H2,1H3. The maximum absolute atomic E-state index is 5.61. The lowest BCUT2D eigenvalue weighted by atomic mass is 9.93. The fourth-order valence-electron chi connectivity index (χ4n) is 2.39. The molecule has 1 aromatic heterocycles.